The number of nitrogens with zero attached hydrogens (tertiary/aromatic N) is 1. The maximum absolute atomic E-state index is 11.8. The third kappa shape index (κ3) is 3.55. The average Bonchev–Trinajstić information content (AvgIpc) is 2.31. The van der Waals surface area contributed by atoms with Gasteiger partial charge < -0.3 is 15.1 Å². The maximum atomic E-state index is 11.8. The third-order valence-electron chi connectivity index (χ3n) is 3.10. The summed E-state index contributed by atoms with van der Waals surface area (Å²) in [7, 11) is 0. The van der Waals surface area contributed by atoms with Crippen LogP contribution in [0.25, 0.3) is 0 Å². The second-order valence-electron chi connectivity index (χ2n) is 5.62. The normalized spacial score (nSPS) is 16.3. The molecule has 4 heteroatoms. The van der Waals surface area contributed by atoms with Gasteiger partial charge in [0.15, 0.2) is 5.78 Å². The Morgan fingerprint density at radius 3 is 2.11 bits per heavy atom. The van der Waals surface area contributed by atoms with Gasteiger partial charge in [0.25, 0.3) is 0 Å². The van der Waals surface area contributed by atoms with E-state index in [1.807, 2.05) is 11.0 Å². The predicted octanol–water partition coefficient (Wildman–Crippen LogP) is 1.27. The van der Waals surface area contributed by atoms with E-state index in [0.717, 1.165) is 11.3 Å². The monoisotopic (exact) mass is 265 g/mol. The fourth-order valence-corrected chi connectivity index (χ4v) is 2.16. The van der Waals surface area contributed by atoms with E-state index in [-0.39, 0.29) is 24.4 Å². The molecule has 1 rings (SSSR count). The van der Waals surface area contributed by atoms with Gasteiger partial charge in [0, 0.05) is 18.7 Å². The van der Waals surface area contributed by atoms with Crippen LogP contribution in [0.3, 0.4) is 0 Å². The summed E-state index contributed by atoms with van der Waals surface area (Å²) >= 11 is 0. The molecule has 0 heterocycles. The molecule has 0 bridgehead atoms. The molecule has 0 aromatic heterocycles. The summed E-state index contributed by atoms with van der Waals surface area (Å²) in [6.45, 7) is 10.7. The minimum atomic E-state index is -0.140. The standard InChI is InChI=1S/C15H23NO3/c1-11-13(19)6-5-12(15(2,3)4)14(11)16(7-9-17)8-10-18/h5-6,17-18H,1,7-10H2,2-4H3. The quantitative estimate of drug-likeness (QED) is 0.735. The SMILES string of the molecule is C=C1C(=O)C=CC(C(C)(C)C)=C1N(CCO)CCO. The Hall–Kier alpha value is -1.39. The average molecular weight is 265 g/mol. The molecule has 0 fully saturated rings. The van der Waals surface area contributed by atoms with E-state index >= 15 is 0 Å². The molecule has 0 radical (unpaired) electrons. The van der Waals surface area contributed by atoms with Crippen molar-refractivity contribution in [3.8, 4) is 0 Å². The van der Waals surface area contributed by atoms with Crippen LogP contribution in [0.2, 0.25) is 0 Å². The number of ketones is 1. The zero-order valence-electron chi connectivity index (χ0n) is 11.9. The first-order valence-electron chi connectivity index (χ1n) is 6.46. The molecule has 0 unspecified atom stereocenters. The topological polar surface area (TPSA) is 60.8 Å². The van der Waals surface area contributed by atoms with Crippen LogP contribution in [0.15, 0.2) is 35.6 Å². The van der Waals surface area contributed by atoms with E-state index in [1.165, 1.54) is 6.08 Å². The van der Waals surface area contributed by atoms with Crippen LogP contribution in [0.5, 0.6) is 0 Å². The number of rotatable bonds is 5. The third-order valence-corrected chi connectivity index (χ3v) is 3.10. The zero-order chi connectivity index (χ0) is 14.6. The summed E-state index contributed by atoms with van der Waals surface area (Å²) in [5, 5.41) is 18.3. The zero-order valence-corrected chi connectivity index (χ0v) is 11.9. The summed E-state index contributed by atoms with van der Waals surface area (Å²) in [5.74, 6) is -0.121. The second kappa shape index (κ2) is 6.17. The number of carbonyl (C=O) groups excluding carboxylic acids is 1. The predicted molar refractivity (Wildman–Crippen MR) is 75.5 cm³/mol. The fraction of sp³-hybridized carbons (Fsp3) is 0.533. The van der Waals surface area contributed by atoms with Crippen molar-refractivity contribution in [2.45, 2.75) is 20.8 Å². The number of aliphatic hydroxyl groups is 2. The summed E-state index contributed by atoms with van der Waals surface area (Å²) in [4.78, 5) is 13.6. The van der Waals surface area contributed by atoms with Crippen LogP contribution in [0.4, 0.5) is 0 Å². The van der Waals surface area contributed by atoms with E-state index in [1.54, 1.807) is 0 Å². The largest absolute Gasteiger partial charge is 0.395 e. The van der Waals surface area contributed by atoms with Gasteiger partial charge in [0.05, 0.1) is 18.9 Å². The highest BCUT2D eigenvalue weighted by Gasteiger charge is 2.29. The Morgan fingerprint density at radius 2 is 1.68 bits per heavy atom. The number of carbonyl (C=O) groups is 1. The first kappa shape index (κ1) is 15.7. The first-order valence-corrected chi connectivity index (χ1v) is 6.46. The van der Waals surface area contributed by atoms with Gasteiger partial charge in [-0.1, -0.05) is 33.4 Å². The van der Waals surface area contributed by atoms with Gasteiger partial charge in [-0.2, -0.15) is 0 Å². The van der Waals surface area contributed by atoms with Crippen molar-refractivity contribution in [2.75, 3.05) is 26.3 Å². The molecule has 0 atom stereocenters. The second-order valence-corrected chi connectivity index (χ2v) is 5.62. The van der Waals surface area contributed by atoms with E-state index in [0.29, 0.717) is 18.7 Å². The molecule has 106 valence electrons. The number of aliphatic hydroxyl groups excluding tert-OH is 2. The Kier molecular flexibility index (Phi) is 5.09. The Labute approximate surface area is 114 Å². The lowest BCUT2D eigenvalue weighted by molar-refractivity contribution is -0.111. The maximum Gasteiger partial charge on any atom is 0.187 e. The van der Waals surface area contributed by atoms with Crippen LogP contribution in [0, 0.1) is 5.41 Å². The van der Waals surface area contributed by atoms with E-state index in [4.69, 9.17) is 10.2 Å². The van der Waals surface area contributed by atoms with Crippen molar-refractivity contribution in [1.82, 2.24) is 4.90 Å². The van der Waals surface area contributed by atoms with Gasteiger partial charge >= 0.3 is 0 Å². The van der Waals surface area contributed by atoms with Crippen LogP contribution in [-0.2, 0) is 4.79 Å². The minimum absolute atomic E-state index is 0.0356. The van der Waals surface area contributed by atoms with Gasteiger partial charge in [-0.25, -0.2) is 0 Å². The number of allylic oxidation sites excluding steroid dienone is 4. The van der Waals surface area contributed by atoms with Crippen molar-refractivity contribution in [3.63, 3.8) is 0 Å². The molecular formula is C15H23NO3. The van der Waals surface area contributed by atoms with Crippen molar-refractivity contribution >= 4 is 5.78 Å². The molecule has 0 aliphatic heterocycles. The van der Waals surface area contributed by atoms with E-state index < -0.39 is 0 Å². The lowest BCUT2D eigenvalue weighted by atomic mass is 9.80. The van der Waals surface area contributed by atoms with Crippen LogP contribution in [0.1, 0.15) is 20.8 Å². The Bertz CT molecular complexity index is 421. The Morgan fingerprint density at radius 1 is 1.16 bits per heavy atom. The lowest BCUT2D eigenvalue weighted by Gasteiger charge is -2.34. The molecule has 0 amide bonds. The smallest absolute Gasteiger partial charge is 0.187 e. The Balaban J connectivity index is 3.31. The molecule has 0 aromatic rings. The highest BCUT2D eigenvalue weighted by molar-refractivity contribution is 6.08. The van der Waals surface area contributed by atoms with Crippen LogP contribution >= 0.6 is 0 Å². The molecule has 0 saturated heterocycles. The molecule has 1 aliphatic carbocycles. The summed E-state index contributed by atoms with van der Waals surface area (Å²) in [6, 6.07) is 0. The molecule has 0 saturated carbocycles. The van der Waals surface area contributed by atoms with Gasteiger partial charge in [0.2, 0.25) is 0 Å². The minimum Gasteiger partial charge on any atom is -0.395 e. The number of hydrogen-bond donors (Lipinski definition) is 2. The fourth-order valence-electron chi connectivity index (χ4n) is 2.16. The van der Waals surface area contributed by atoms with Gasteiger partial charge in [-0.3, -0.25) is 4.79 Å². The first-order chi connectivity index (χ1) is 8.82. The summed E-state index contributed by atoms with van der Waals surface area (Å²) in [6.07, 6.45) is 3.34. The van der Waals surface area contributed by atoms with Crippen molar-refractivity contribution in [1.29, 1.82) is 0 Å². The van der Waals surface area contributed by atoms with Crippen LogP contribution < -0.4 is 0 Å². The summed E-state index contributed by atoms with van der Waals surface area (Å²) < 4.78 is 0. The van der Waals surface area contributed by atoms with Gasteiger partial charge in [-0.05, 0) is 17.1 Å². The number of hydrogen-bond acceptors (Lipinski definition) is 4. The van der Waals surface area contributed by atoms with Crippen molar-refractivity contribution < 1.29 is 15.0 Å². The molecule has 2 N–H and O–H groups in total. The molecule has 0 aromatic carbocycles. The van der Waals surface area contributed by atoms with Gasteiger partial charge in [-0.15, -0.1) is 0 Å². The van der Waals surface area contributed by atoms with Crippen LogP contribution in [-0.4, -0.2) is 47.2 Å². The molecule has 0 spiro atoms. The van der Waals surface area contributed by atoms with Crippen molar-refractivity contribution in [2.24, 2.45) is 5.41 Å². The molecule has 4 nitrogen and oxygen atoms in total. The lowest BCUT2D eigenvalue weighted by Crippen LogP contribution is -2.34. The highest BCUT2D eigenvalue weighted by atomic mass is 16.3. The summed E-state index contributed by atoms with van der Waals surface area (Å²) in [5.41, 5.74) is 2.02. The highest BCUT2D eigenvalue weighted by Crippen LogP contribution is 2.36. The van der Waals surface area contributed by atoms with Gasteiger partial charge in [0.1, 0.15) is 0 Å². The van der Waals surface area contributed by atoms with E-state index in [9.17, 15) is 4.79 Å². The van der Waals surface area contributed by atoms with Crippen molar-refractivity contribution in [3.05, 3.63) is 35.6 Å². The van der Waals surface area contributed by atoms with E-state index in [2.05, 4.69) is 27.4 Å². The molecular weight excluding hydrogens is 242 g/mol. The molecule has 1 aliphatic rings. The molecule has 19 heavy (non-hydrogen) atoms.